The third-order valence-corrected chi connectivity index (χ3v) is 6.38. The van der Waals surface area contributed by atoms with Gasteiger partial charge in [-0.1, -0.05) is 11.2 Å². The number of hydrogen-bond donors (Lipinski definition) is 2. The average molecular weight is 457 g/mol. The first-order chi connectivity index (χ1) is 17.7. The van der Waals surface area contributed by atoms with Crippen molar-refractivity contribution >= 4 is 44.6 Å². The summed E-state index contributed by atoms with van der Waals surface area (Å²) in [4.78, 5) is 24.6. The molecule has 10 heteroatoms. The topological polar surface area (TPSA) is 118 Å². The van der Waals surface area contributed by atoms with Gasteiger partial charge in [-0.2, -0.15) is 0 Å². The minimum Gasteiger partial charge on any atom is -0.337 e. The van der Waals surface area contributed by atoms with Crippen molar-refractivity contribution in [3.63, 3.8) is 0 Å². The second-order valence-electron chi connectivity index (χ2n) is 6.17. The highest BCUT2D eigenvalue weighted by Gasteiger charge is 2.27. The number of ketones is 1. The second-order valence-corrected chi connectivity index (χ2v) is 8.66. The van der Waals surface area contributed by atoms with E-state index in [0.29, 0.717) is 23.1 Å². The van der Waals surface area contributed by atoms with Crippen LogP contribution in [0.5, 0.6) is 0 Å². The quantitative estimate of drug-likeness (QED) is 0.536. The summed E-state index contributed by atoms with van der Waals surface area (Å²) in [5.41, 5.74) is -2.78. The van der Waals surface area contributed by atoms with Crippen molar-refractivity contribution in [2.45, 2.75) is 39.4 Å². The Kier molecular flexibility index (Phi) is 3.39. The summed E-state index contributed by atoms with van der Waals surface area (Å²) in [5.74, 6) is -2.84. The maximum atomic E-state index is 13.5. The van der Waals surface area contributed by atoms with Gasteiger partial charge in [-0.3, -0.25) is 9.59 Å². The predicted molar refractivity (Wildman–Crippen MR) is 115 cm³/mol. The van der Waals surface area contributed by atoms with Crippen molar-refractivity contribution in [3.8, 4) is 0 Å². The van der Waals surface area contributed by atoms with Crippen LogP contribution in [0.1, 0.15) is 58.9 Å². The number of benzene rings is 1. The third-order valence-electron chi connectivity index (χ3n) is 4.04. The van der Waals surface area contributed by atoms with Crippen molar-refractivity contribution in [2.24, 2.45) is 0 Å². The lowest BCUT2D eigenvalue weighted by Gasteiger charge is -2.14. The molecule has 0 bridgehead atoms. The van der Waals surface area contributed by atoms with Crippen LogP contribution in [0.25, 0.3) is 0 Å². The van der Waals surface area contributed by atoms with Gasteiger partial charge in [0.2, 0.25) is 5.88 Å². The van der Waals surface area contributed by atoms with E-state index in [0.717, 1.165) is 13.0 Å². The first-order valence-corrected chi connectivity index (χ1v) is 10.6. The number of carbonyl (C=O) groups excluding carboxylic acids is 2. The average Bonchev–Trinajstić information content (AvgIpc) is 3.43. The maximum Gasteiger partial charge on any atom is 0.267 e. The molecule has 0 aliphatic rings. The van der Waals surface area contributed by atoms with Gasteiger partial charge in [0.25, 0.3) is 15.9 Å². The number of hydrogen-bond acceptors (Lipinski definition) is 7. The van der Waals surface area contributed by atoms with Gasteiger partial charge in [-0.15, -0.1) is 11.3 Å². The molecule has 0 saturated carbocycles. The van der Waals surface area contributed by atoms with Crippen molar-refractivity contribution in [2.75, 3.05) is 10.0 Å². The molecule has 3 rings (SSSR count). The lowest BCUT2D eigenvalue weighted by Crippen LogP contribution is -2.20. The monoisotopic (exact) mass is 456 g/mol. The van der Waals surface area contributed by atoms with Crippen molar-refractivity contribution in [1.82, 2.24) is 5.16 Å². The van der Waals surface area contributed by atoms with Crippen LogP contribution in [-0.4, -0.2) is 25.3 Å². The summed E-state index contributed by atoms with van der Waals surface area (Å²) in [6.45, 7) is -2.25. The van der Waals surface area contributed by atoms with Gasteiger partial charge in [0.05, 0.1) is 12.8 Å². The number of nitrogens with zero attached hydrogens (tertiary/aromatic N) is 1. The number of sulfonamides is 1. The summed E-state index contributed by atoms with van der Waals surface area (Å²) in [6, 6.07) is 0.708. The Hall–Kier alpha value is -2.98. The molecule has 3 aromatic rings. The summed E-state index contributed by atoms with van der Waals surface area (Å²) in [5, 5.41) is 4.73. The van der Waals surface area contributed by atoms with E-state index in [1.54, 1.807) is 0 Å². The lowest BCUT2D eigenvalue weighted by molar-refractivity contribution is 0.101. The minimum atomic E-state index is -4.79. The van der Waals surface area contributed by atoms with E-state index in [1.165, 1.54) is 19.2 Å². The molecule has 0 atom stereocenters. The molecule has 1 aromatic carbocycles. The number of thiophene rings is 1. The number of rotatable bonds is 6. The van der Waals surface area contributed by atoms with Gasteiger partial charge in [0.15, 0.2) is 8.61 Å². The Balaban J connectivity index is 2.23. The van der Waals surface area contributed by atoms with Gasteiger partial charge in [-0.05, 0) is 63.1 Å². The van der Waals surface area contributed by atoms with Crippen LogP contribution < -0.4 is 10.0 Å². The van der Waals surface area contributed by atoms with Crippen molar-refractivity contribution < 1.29 is 34.9 Å². The van der Waals surface area contributed by atoms with Crippen molar-refractivity contribution in [1.29, 1.82) is 0 Å². The van der Waals surface area contributed by atoms with E-state index in [1.807, 2.05) is 0 Å². The highest BCUT2D eigenvalue weighted by atomic mass is 32.2. The Morgan fingerprint density at radius 1 is 1.33 bits per heavy atom. The van der Waals surface area contributed by atoms with Crippen LogP contribution in [0.2, 0.25) is 2.82 Å². The fraction of sp³-hybridized carbons (Fsp3) is 0.250. The SMILES string of the molecule is [2H]c1c(C([2H])([2H])[2H])cc(C([2H])([2H])[2H])c(N([2H])C(=O)c2sccc2S(=O)(=O)N([2H])c2onc(C)c2C)c1C(C)=O. The summed E-state index contributed by atoms with van der Waals surface area (Å²) < 4.78 is 103. The van der Waals surface area contributed by atoms with E-state index in [-0.39, 0.29) is 15.6 Å². The molecular formula is C20H21N3O5S2. The standard InChI is InChI=1S/C20H21N3O5S2/c1-10-8-11(2)17(15(9-10)14(5)24)21-19(25)18-16(6-7-29-18)30(26,27)23-20-12(3)13(4)22-28-20/h6-9,23H,1-5H3,(H,21,25)/i1D3,2D3,9D/hD2. The fourth-order valence-electron chi connectivity index (χ4n) is 2.40. The molecule has 8 nitrogen and oxygen atoms in total. The first kappa shape index (κ1) is 12.7. The molecule has 30 heavy (non-hydrogen) atoms. The number of nitrogens with one attached hydrogen (secondary N) is 2. The summed E-state index contributed by atoms with van der Waals surface area (Å²) >= 11 is 0.560. The molecule has 2 aromatic heterocycles. The third kappa shape index (κ3) is 4.14. The molecule has 2 N–H and O–H groups in total. The number of anilines is 2. The van der Waals surface area contributed by atoms with Crippen LogP contribution in [-0.2, 0) is 10.0 Å². The summed E-state index contributed by atoms with van der Waals surface area (Å²) in [6.07, 6.45) is 0. The number of Topliss-reactive ketones (excluding diaryl/α,β-unsaturated/α-hetero) is 1. The Morgan fingerprint density at radius 3 is 2.70 bits per heavy atom. The largest absolute Gasteiger partial charge is 0.337 e. The van der Waals surface area contributed by atoms with E-state index >= 15 is 0 Å². The molecule has 0 fully saturated rings. The number of amides is 1. The summed E-state index contributed by atoms with van der Waals surface area (Å²) in [7, 11) is -4.79. The molecule has 0 aliphatic carbocycles. The Labute approximate surface area is 191 Å². The predicted octanol–water partition coefficient (Wildman–Crippen LogP) is 4.23. The van der Waals surface area contributed by atoms with E-state index < -0.39 is 79.5 Å². The normalized spacial score (nSPS) is 16.6. The molecule has 0 aliphatic heterocycles. The lowest BCUT2D eigenvalue weighted by atomic mass is 10.0. The fourth-order valence-corrected chi connectivity index (χ4v) is 4.67. The highest BCUT2D eigenvalue weighted by Crippen LogP contribution is 2.29. The first-order valence-electron chi connectivity index (χ1n) is 12.7. The van der Waals surface area contributed by atoms with Gasteiger partial charge in [0, 0.05) is 19.4 Å². The van der Waals surface area contributed by atoms with Gasteiger partial charge >= 0.3 is 0 Å². The molecule has 0 spiro atoms. The van der Waals surface area contributed by atoms with Crippen LogP contribution >= 0.6 is 11.3 Å². The molecule has 1 amide bonds. The van der Waals surface area contributed by atoms with Crippen LogP contribution in [0, 0.1) is 27.6 Å². The smallest absolute Gasteiger partial charge is 0.267 e. The molecule has 0 radical (unpaired) electrons. The Morgan fingerprint density at radius 2 is 2.10 bits per heavy atom. The number of aromatic nitrogens is 1. The van der Waals surface area contributed by atoms with Gasteiger partial charge in [-0.25, -0.2) is 13.1 Å². The molecule has 0 saturated heterocycles. The molecule has 2 heterocycles. The molecule has 0 unspecified atom stereocenters. The zero-order chi connectivity index (χ0) is 29.8. The van der Waals surface area contributed by atoms with Gasteiger partial charge in [0.1, 0.15) is 9.77 Å². The number of carbonyl (C=O) groups is 2. The van der Waals surface area contributed by atoms with Crippen LogP contribution in [0.15, 0.2) is 33.0 Å². The Bertz CT molecular complexity index is 1580. The second kappa shape index (κ2) is 8.04. The highest BCUT2D eigenvalue weighted by molar-refractivity contribution is 7.93. The van der Waals surface area contributed by atoms with E-state index in [4.69, 9.17) is 16.9 Å². The minimum absolute atomic E-state index is 0.0113. The van der Waals surface area contributed by atoms with E-state index in [2.05, 4.69) is 5.16 Å². The zero-order valence-corrected chi connectivity index (χ0v) is 17.6. The van der Waals surface area contributed by atoms with E-state index in [9.17, 15) is 18.0 Å². The van der Waals surface area contributed by atoms with Crippen LogP contribution in [0.4, 0.5) is 11.6 Å². The van der Waals surface area contributed by atoms with Gasteiger partial charge < -0.3 is 9.83 Å². The number of aryl methyl sites for hydroxylation is 3. The van der Waals surface area contributed by atoms with Crippen molar-refractivity contribution in [3.05, 3.63) is 56.4 Å². The van der Waals surface area contributed by atoms with Crippen LogP contribution in [0.3, 0.4) is 0 Å². The molecule has 158 valence electrons. The zero-order valence-electron chi connectivity index (χ0n) is 24.9. The maximum absolute atomic E-state index is 13.5. The molecular weight excluding hydrogens is 426 g/mol.